The maximum atomic E-state index is 12.8. The number of nitrogens with zero attached hydrogens (tertiary/aromatic N) is 1. The van der Waals surface area contributed by atoms with E-state index in [1.54, 1.807) is 24.1 Å². The van der Waals surface area contributed by atoms with Crippen molar-refractivity contribution in [3.05, 3.63) is 22.7 Å². The molecule has 0 saturated carbocycles. The minimum Gasteiger partial charge on any atom is -0.493 e. The molecule has 1 aliphatic rings. The Kier molecular flexibility index (Phi) is 6.35. The summed E-state index contributed by atoms with van der Waals surface area (Å²) < 4.78 is 16.8. The highest BCUT2D eigenvalue weighted by molar-refractivity contribution is 6.32. The van der Waals surface area contributed by atoms with Crippen molar-refractivity contribution in [1.82, 2.24) is 4.90 Å². The predicted octanol–water partition coefficient (Wildman–Crippen LogP) is 3.63. The Bertz CT molecular complexity index is 581. The maximum absolute atomic E-state index is 12.8. The minimum atomic E-state index is -0.0763. The van der Waals surface area contributed by atoms with Gasteiger partial charge in [-0.25, -0.2) is 0 Å². The SMILES string of the molecule is COc1cc(C(=O)N2C[C@@H](C)O[C@H](C)C2)cc(Cl)c1OCC(C)C. The molecule has 1 aromatic carbocycles. The van der Waals surface area contributed by atoms with Crippen LogP contribution in [0, 0.1) is 5.92 Å². The third-order valence-corrected chi connectivity index (χ3v) is 4.02. The van der Waals surface area contributed by atoms with Crippen LogP contribution in [0.3, 0.4) is 0 Å². The molecule has 1 amide bonds. The lowest BCUT2D eigenvalue weighted by atomic mass is 10.1. The highest BCUT2D eigenvalue weighted by Crippen LogP contribution is 2.37. The Morgan fingerprint density at radius 2 is 1.96 bits per heavy atom. The van der Waals surface area contributed by atoms with E-state index in [1.165, 1.54) is 0 Å². The average molecular weight is 356 g/mol. The quantitative estimate of drug-likeness (QED) is 0.809. The van der Waals surface area contributed by atoms with Crippen LogP contribution in [0.1, 0.15) is 38.1 Å². The van der Waals surface area contributed by atoms with Crippen LogP contribution in [0.25, 0.3) is 0 Å². The van der Waals surface area contributed by atoms with Crippen molar-refractivity contribution in [1.29, 1.82) is 0 Å². The van der Waals surface area contributed by atoms with E-state index >= 15 is 0 Å². The summed E-state index contributed by atoms with van der Waals surface area (Å²) in [7, 11) is 1.54. The fraction of sp³-hybridized carbons (Fsp3) is 0.611. The van der Waals surface area contributed by atoms with E-state index in [0.717, 1.165) is 0 Å². The Balaban J connectivity index is 2.24. The fourth-order valence-electron chi connectivity index (χ4n) is 2.76. The zero-order chi connectivity index (χ0) is 17.9. The lowest BCUT2D eigenvalue weighted by molar-refractivity contribution is -0.0586. The number of carbonyl (C=O) groups excluding carboxylic acids is 1. The number of hydrogen-bond donors (Lipinski definition) is 0. The molecule has 24 heavy (non-hydrogen) atoms. The van der Waals surface area contributed by atoms with E-state index in [-0.39, 0.29) is 18.1 Å². The molecule has 1 fully saturated rings. The zero-order valence-corrected chi connectivity index (χ0v) is 15.7. The molecule has 0 spiro atoms. The molecule has 0 aliphatic carbocycles. The number of rotatable bonds is 5. The van der Waals surface area contributed by atoms with Gasteiger partial charge in [-0.15, -0.1) is 0 Å². The monoisotopic (exact) mass is 355 g/mol. The highest BCUT2D eigenvalue weighted by Gasteiger charge is 2.27. The summed E-state index contributed by atoms with van der Waals surface area (Å²) in [5.74, 6) is 1.24. The second-order valence-corrected chi connectivity index (χ2v) is 7.07. The molecule has 0 bridgehead atoms. The summed E-state index contributed by atoms with van der Waals surface area (Å²) in [6, 6.07) is 3.33. The third-order valence-electron chi connectivity index (χ3n) is 3.74. The van der Waals surface area contributed by atoms with Crippen molar-refractivity contribution >= 4 is 17.5 Å². The van der Waals surface area contributed by atoms with Crippen LogP contribution in [0.15, 0.2) is 12.1 Å². The lowest BCUT2D eigenvalue weighted by Gasteiger charge is -2.35. The number of morpholine rings is 1. The van der Waals surface area contributed by atoms with Crippen LogP contribution in [0.2, 0.25) is 5.02 Å². The number of halogens is 1. The van der Waals surface area contributed by atoms with Gasteiger partial charge in [-0.05, 0) is 31.9 Å². The Hall–Kier alpha value is -1.46. The standard InChI is InChI=1S/C18H26ClNO4/c1-11(2)10-23-17-15(19)6-14(7-16(17)22-5)18(21)20-8-12(3)24-13(4)9-20/h6-7,11-13H,8-10H2,1-5H3/t12-,13-/m1/s1. The van der Waals surface area contributed by atoms with Crippen molar-refractivity contribution in [3.8, 4) is 11.5 Å². The third kappa shape index (κ3) is 4.54. The molecular weight excluding hydrogens is 330 g/mol. The van der Waals surface area contributed by atoms with Gasteiger partial charge in [0.15, 0.2) is 11.5 Å². The number of amides is 1. The molecule has 0 unspecified atom stereocenters. The summed E-state index contributed by atoms with van der Waals surface area (Å²) in [5.41, 5.74) is 0.495. The van der Waals surface area contributed by atoms with Gasteiger partial charge in [0.05, 0.1) is 30.9 Å². The van der Waals surface area contributed by atoms with Gasteiger partial charge in [0.2, 0.25) is 0 Å². The molecule has 1 aliphatic heterocycles. The summed E-state index contributed by atoms with van der Waals surface area (Å²) in [6.45, 7) is 9.70. The second-order valence-electron chi connectivity index (χ2n) is 6.66. The van der Waals surface area contributed by atoms with Gasteiger partial charge in [0.1, 0.15) is 0 Å². The highest BCUT2D eigenvalue weighted by atomic mass is 35.5. The van der Waals surface area contributed by atoms with Gasteiger partial charge >= 0.3 is 0 Å². The van der Waals surface area contributed by atoms with Crippen LogP contribution >= 0.6 is 11.6 Å². The molecule has 0 aromatic heterocycles. The van der Waals surface area contributed by atoms with Crippen molar-refractivity contribution < 1.29 is 19.0 Å². The molecule has 0 N–H and O–H groups in total. The normalized spacial score (nSPS) is 21.0. The lowest BCUT2D eigenvalue weighted by Crippen LogP contribution is -2.48. The van der Waals surface area contributed by atoms with Crippen molar-refractivity contribution in [3.63, 3.8) is 0 Å². The number of methoxy groups -OCH3 is 1. The van der Waals surface area contributed by atoms with Crippen LogP contribution < -0.4 is 9.47 Å². The molecule has 2 atom stereocenters. The molecule has 5 nitrogen and oxygen atoms in total. The zero-order valence-electron chi connectivity index (χ0n) is 15.0. The van der Waals surface area contributed by atoms with E-state index in [9.17, 15) is 4.79 Å². The summed E-state index contributed by atoms with van der Waals surface area (Å²) in [6.07, 6.45) is 0.0347. The molecule has 134 valence electrons. The van der Waals surface area contributed by atoms with Crippen LogP contribution in [0.5, 0.6) is 11.5 Å². The van der Waals surface area contributed by atoms with E-state index in [1.807, 2.05) is 13.8 Å². The van der Waals surface area contributed by atoms with Gasteiger partial charge in [-0.1, -0.05) is 25.4 Å². The molecule has 1 saturated heterocycles. The van der Waals surface area contributed by atoms with Crippen molar-refractivity contribution in [2.45, 2.75) is 39.9 Å². The predicted molar refractivity (Wildman–Crippen MR) is 94.2 cm³/mol. The number of benzene rings is 1. The maximum Gasteiger partial charge on any atom is 0.254 e. The number of hydrogen-bond acceptors (Lipinski definition) is 4. The van der Waals surface area contributed by atoms with E-state index in [4.69, 9.17) is 25.8 Å². The first-order valence-corrected chi connectivity index (χ1v) is 8.64. The Labute approximate surface area is 148 Å². The first-order chi connectivity index (χ1) is 11.3. The van der Waals surface area contributed by atoms with E-state index in [0.29, 0.717) is 47.7 Å². The summed E-state index contributed by atoms with van der Waals surface area (Å²) >= 11 is 6.34. The number of ether oxygens (including phenoxy) is 3. The molecule has 1 heterocycles. The van der Waals surface area contributed by atoms with Gasteiger partial charge in [-0.3, -0.25) is 4.79 Å². The number of carbonyl (C=O) groups is 1. The molecular formula is C18H26ClNO4. The average Bonchev–Trinajstić information content (AvgIpc) is 2.51. The molecule has 6 heteroatoms. The van der Waals surface area contributed by atoms with Crippen LogP contribution in [-0.4, -0.2) is 49.8 Å². The summed E-state index contributed by atoms with van der Waals surface area (Å²) in [4.78, 5) is 14.6. The smallest absolute Gasteiger partial charge is 0.254 e. The van der Waals surface area contributed by atoms with Gasteiger partial charge in [-0.2, -0.15) is 0 Å². The second kappa shape index (κ2) is 8.08. The molecule has 0 radical (unpaired) electrons. The van der Waals surface area contributed by atoms with E-state index < -0.39 is 0 Å². The Morgan fingerprint density at radius 3 is 2.50 bits per heavy atom. The van der Waals surface area contributed by atoms with Gasteiger partial charge in [0.25, 0.3) is 5.91 Å². The Morgan fingerprint density at radius 1 is 1.33 bits per heavy atom. The largest absolute Gasteiger partial charge is 0.493 e. The summed E-state index contributed by atoms with van der Waals surface area (Å²) in [5, 5.41) is 0.382. The van der Waals surface area contributed by atoms with Crippen LogP contribution in [-0.2, 0) is 4.74 Å². The topological polar surface area (TPSA) is 48.0 Å². The van der Waals surface area contributed by atoms with Gasteiger partial charge in [0, 0.05) is 18.7 Å². The molecule has 1 aromatic rings. The first-order valence-electron chi connectivity index (χ1n) is 8.26. The molecule has 2 rings (SSSR count). The van der Waals surface area contributed by atoms with Crippen LogP contribution in [0.4, 0.5) is 0 Å². The van der Waals surface area contributed by atoms with E-state index in [2.05, 4.69) is 13.8 Å². The van der Waals surface area contributed by atoms with Crippen molar-refractivity contribution in [2.75, 3.05) is 26.8 Å². The fourth-order valence-corrected chi connectivity index (χ4v) is 3.02. The van der Waals surface area contributed by atoms with Crippen molar-refractivity contribution in [2.24, 2.45) is 5.92 Å². The van der Waals surface area contributed by atoms with Gasteiger partial charge < -0.3 is 19.1 Å². The minimum absolute atomic E-state index is 0.0173. The first kappa shape index (κ1) is 18.9.